The van der Waals surface area contributed by atoms with Gasteiger partial charge in [0.25, 0.3) is 0 Å². The Kier molecular flexibility index (Phi) is 6.37. The molecule has 7 nitrogen and oxygen atoms in total. The van der Waals surface area contributed by atoms with E-state index in [1.54, 1.807) is 22.0 Å². The Morgan fingerprint density at radius 3 is 2.30 bits per heavy atom. The molecule has 3 fully saturated rings. The maximum absolute atomic E-state index is 13.4. The Hall–Kier alpha value is -3.84. The van der Waals surface area contributed by atoms with Crippen LogP contribution in [0.3, 0.4) is 0 Å². The molecule has 0 radical (unpaired) electrons. The first-order valence-electron chi connectivity index (χ1n) is 14.4. The fourth-order valence-corrected chi connectivity index (χ4v) is 7.63. The number of hydrogen-bond donors (Lipinski definition) is 1. The third kappa shape index (κ3) is 3.67. The molecule has 206 valence electrons. The number of allylic oxidation sites excluding steroid dienone is 4. The van der Waals surface area contributed by atoms with Gasteiger partial charge in [-0.15, -0.1) is 0 Å². The molecule has 1 spiro atoms. The van der Waals surface area contributed by atoms with Crippen molar-refractivity contribution in [1.29, 1.82) is 0 Å². The van der Waals surface area contributed by atoms with E-state index in [1.807, 2.05) is 62.4 Å². The van der Waals surface area contributed by atoms with E-state index in [-0.39, 0.29) is 53.5 Å². The molecular weight excluding hydrogens is 502 g/mol. The molecule has 2 heterocycles. The fourth-order valence-electron chi connectivity index (χ4n) is 7.63. The van der Waals surface area contributed by atoms with Crippen LogP contribution < -0.4 is 5.73 Å². The summed E-state index contributed by atoms with van der Waals surface area (Å²) in [6, 6.07) is 14.6. The standard InChI is InChI=1S/C31H29N3O4.C2H6/c1-17-24-16-34(28-15-27(36)22-8-4-5-9-23(22)31(17,24)28)30(38)13-18(32)12-29(37)33-11-10-20-19-6-2-3-7-21(19)26(35)14-25(20)33;1-2/h2-9,14-15,17-18,20,24H,10-13,16,32H2,1H3;1-2H3/t17-,18?,20?,24?,31-;/m1./s1. The van der Waals surface area contributed by atoms with Crippen molar-refractivity contribution >= 4 is 23.4 Å². The van der Waals surface area contributed by atoms with Crippen LogP contribution in [0, 0.1) is 11.8 Å². The topological polar surface area (TPSA) is 101 Å². The van der Waals surface area contributed by atoms with Gasteiger partial charge in [-0.1, -0.05) is 69.3 Å². The fraction of sp³-hybridized carbons (Fsp3) is 0.394. The molecule has 7 rings (SSSR count). The van der Waals surface area contributed by atoms with E-state index in [0.717, 1.165) is 34.5 Å². The second-order valence-electron chi connectivity index (χ2n) is 11.3. The highest BCUT2D eigenvalue weighted by atomic mass is 16.2. The first-order valence-corrected chi connectivity index (χ1v) is 14.4. The molecule has 2 aromatic carbocycles. The van der Waals surface area contributed by atoms with Gasteiger partial charge in [-0.05, 0) is 29.4 Å². The molecule has 2 aliphatic heterocycles. The van der Waals surface area contributed by atoms with Gasteiger partial charge < -0.3 is 15.5 Å². The molecular formula is C33H35N3O4. The molecule has 2 amide bonds. The lowest BCUT2D eigenvalue weighted by atomic mass is 9.80. The van der Waals surface area contributed by atoms with Gasteiger partial charge in [-0.25, -0.2) is 0 Å². The largest absolute Gasteiger partial charge is 0.327 e. The molecule has 2 N–H and O–H groups in total. The van der Waals surface area contributed by atoms with Gasteiger partial charge >= 0.3 is 0 Å². The Morgan fingerprint density at radius 2 is 1.55 bits per heavy atom. The van der Waals surface area contributed by atoms with E-state index in [9.17, 15) is 19.2 Å². The summed E-state index contributed by atoms with van der Waals surface area (Å²) in [5.74, 6) is 0.202. The highest BCUT2D eigenvalue weighted by Gasteiger charge is 2.72. The summed E-state index contributed by atoms with van der Waals surface area (Å²) in [4.78, 5) is 55.6. The molecule has 40 heavy (non-hydrogen) atoms. The highest BCUT2D eigenvalue weighted by Crippen LogP contribution is 2.70. The smallest absolute Gasteiger partial charge is 0.228 e. The number of hydrogen-bond acceptors (Lipinski definition) is 5. The van der Waals surface area contributed by atoms with E-state index in [0.29, 0.717) is 24.6 Å². The minimum atomic E-state index is -0.654. The van der Waals surface area contributed by atoms with Gasteiger partial charge in [0, 0.05) is 78.0 Å². The molecule has 5 aliphatic rings. The molecule has 1 saturated carbocycles. The van der Waals surface area contributed by atoms with Crippen molar-refractivity contribution in [2.45, 2.75) is 57.4 Å². The molecule has 2 aromatic rings. The van der Waals surface area contributed by atoms with Crippen molar-refractivity contribution in [3.05, 3.63) is 94.3 Å². The van der Waals surface area contributed by atoms with Crippen molar-refractivity contribution in [2.24, 2.45) is 17.6 Å². The second-order valence-corrected chi connectivity index (χ2v) is 11.3. The first-order chi connectivity index (χ1) is 19.3. The quantitative estimate of drug-likeness (QED) is 0.625. The van der Waals surface area contributed by atoms with Gasteiger partial charge in [0.05, 0.1) is 0 Å². The lowest BCUT2D eigenvalue weighted by molar-refractivity contribution is -0.131. The zero-order chi connectivity index (χ0) is 28.3. The van der Waals surface area contributed by atoms with Crippen LogP contribution in [0.25, 0.3) is 0 Å². The molecule has 3 aliphatic carbocycles. The molecule has 7 heteroatoms. The number of likely N-dealkylation sites (tertiary alicyclic amines) is 2. The van der Waals surface area contributed by atoms with Gasteiger partial charge in [-0.3, -0.25) is 19.2 Å². The van der Waals surface area contributed by atoms with E-state index in [2.05, 4.69) is 6.92 Å². The zero-order valence-corrected chi connectivity index (χ0v) is 23.2. The Labute approximate surface area is 234 Å². The third-order valence-electron chi connectivity index (χ3n) is 9.46. The summed E-state index contributed by atoms with van der Waals surface area (Å²) >= 11 is 0. The number of carbonyl (C=O) groups excluding carboxylic acids is 4. The van der Waals surface area contributed by atoms with Crippen LogP contribution in [0.4, 0.5) is 0 Å². The van der Waals surface area contributed by atoms with Crippen molar-refractivity contribution in [3.8, 4) is 0 Å². The van der Waals surface area contributed by atoms with Gasteiger partial charge in [0.15, 0.2) is 11.6 Å². The van der Waals surface area contributed by atoms with E-state index < -0.39 is 6.04 Å². The number of rotatable bonds is 4. The van der Waals surface area contributed by atoms with Crippen LogP contribution in [-0.2, 0) is 15.0 Å². The zero-order valence-electron chi connectivity index (χ0n) is 23.2. The number of benzene rings is 2. The Morgan fingerprint density at radius 1 is 0.925 bits per heavy atom. The summed E-state index contributed by atoms with van der Waals surface area (Å²) in [7, 11) is 0. The van der Waals surface area contributed by atoms with Crippen molar-refractivity contribution < 1.29 is 19.2 Å². The lowest BCUT2D eigenvalue weighted by Gasteiger charge is -2.31. The maximum Gasteiger partial charge on any atom is 0.228 e. The van der Waals surface area contributed by atoms with Gasteiger partial charge in [-0.2, -0.15) is 0 Å². The normalized spacial score (nSPS) is 27.6. The Bertz CT molecular complexity index is 1510. The lowest BCUT2D eigenvalue weighted by Crippen LogP contribution is -2.40. The number of fused-ring (bicyclic) bond motifs is 4. The van der Waals surface area contributed by atoms with E-state index in [1.165, 1.54) is 0 Å². The number of nitrogens with zero attached hydrogens (tertiary/aromatic N) is 2. The predicted molar refractivity (Wildman–Crippen MR) is 151 cm³/mol. The van der Waals surface area contributed by atoms with Crippen LogP contribution in [0.1, 0.15) is 77.8 Å². The van der Waals surface area contributed by atoms with Crippen LogP contribution in [0.2, 0.25) is 0 Å². The van der Waals surface area contributed by atoms with Crippen LogP contribution in [0.15, 0.2) is 72.1 Å². The number of ketones is 2. The number of piperidine rings is 1. The highest BCUT2D eigenvalue weighted by molar-refractivity contribution is 6.09. The minimum Gasteiger partial charge on any atom is -0.327 e. The summed E-state index contributed by atoms with van der Waals surface area (Å²) in [5.41, 5.74) is 11.0. The SMILES string of the molecule is CC.C[C@@H]1C2CN(C(=O)CC(N)CC(=O)N3CCC4C3=CC(=O)c3ccccc34)C3=CC(=O)c4ccccc4[C@@]321. The average molecular weight is 538 g/mol. The first kappa shape index (κ1) is 26.4. The van der Waals surface area contributed by atoms with E-state index in [4.69, 9.17) is 5.73 Å². The summed E-state index contributed by atoms with van der Waals surface area (Å²) < 4.78 is 0. The van der Waals surface area contributed by atoms with Crippen LogP contribution in [-0.4, -0.2) is 52.3 Å². The van der Waals surface area contributed by atoms with Crippen LogP contribution >= 0.6 is 0 Å². The second kappa shape index (κ2) is 9.66. The Balaban J connectivity index is 0.00000142. The molecule has 2 saturated heterocycles. The van der Waals surface area contributed by atoms with Crippen molar-refractivity contribution in [3.63, 3.8) is 0 Å². The van der Waals surface area contributed by atoms with Crippen LogP contribution in [0.5, 0.6) is 0 Å². The third-order valence-corrected chi connectivity index (χ3v) is 9.46. The van der Waals surface area contributed by atoms with Gasteiger partial charge in [0.1, 0.15) is 0 Å². The van der Waals surface area contributed by atoms with Crippen molar-refractivity contribution in [2.75, 3.05) is 13.1 Å². The monoisotopic (exact) mass is 537 g/mol. The molecule has 0 bridgehead atoms. The summed E-state index contributed by atoms with van der Waals surface area (Å²) in [5, 5.41) is 0. The summed E-state index contributed by atoms with van der Waals surface area (Å²) in [6.07, 6.45) is 4.01. The summed E-state index contributed by atoms with van der Waals surface area (Å²) in [6.45, 7) is 7.28. The predicted octanol–water partition coefficient (Wildman–Crippen LogP) is 4.34. The number of amides is 2. The maximum atomic E-state index is 13.4. The average Bonchev–Trinajstić information content (AvgIpc) is 3.24. The number of nitrogens with two attached hydrogens (primary N) is 1. The molecule has 5 atom stereocenters. The molecule has 3 unspecified atom stereocenters. The molecule has 0 aromatic heterocycles. The number of carbonyl (C=O) groups is 4. The minimum absolute atomic E-state index is 0.0191. The van der Waals surface area contributed by atoms with Gasteiger partial charge in [0.2, 0.25) is 11.8 Å². The van der Waals surface area contributed by atoms with Crippen molar-refractivity contribution in [1.82, 2.24) is 9.80 Å². The van der Waals surface area contributed by atoms with E-state index >= 15 is 0 Å².